The molecular weight excluding hydrogens is 460 g/mol. The van der Waals surface area contributed by atoms with Gasteiger partial charge in [-0.05, 0) is 30.2 Å². The standard InChI is InChI=1S/C19H18N4O5S3/c1-10-20-21-19(30-10)29-8-12-9-31(28)17-15(16(25)23(17)14(12)18(26)27)22(11(2)24)13-6-4-3-5-7-13/h3-7,15,17H,8-9H2,1-2H3,(H,26,27)/t15?,17-,31?/m0/s1. The molecule has 3 atom stereocenters. The van der Waals surface area contributed by atoms with Crippen molar-refractivity contribution < 1.29 is 24.0 Å². The van der Waals surface area contributed by atoms with Crippen LogP contribution in [0.2, 0.25) is 0 Å². The number of carbonyl (C=O) groups is 3. The highest BCUT2D eigenvalue weighted by molar-refractivity contribution is 8.01. The summed E-state index contributed by atoms with van der Waals surface area (Å²) in [5.74, 6) is -1.94. The monoisotopic (exact) mass is 478 g/mol. The van der Waals surface area contributed by atoms with Gasteiger partial charge < -0.3 is 9.66 Å². The van der Waals surface area contributed by atoms with E-state index < -0.39 is 34.5 Å². The minimum Gasteiger partial charge on any atom is -0.614 e. The van der Waals surface area contributed by atoms with E-state index in [2.05, 4.69) is 10.2 Å². The number of benzene rings is 1. The molecule has 2 amide bonds. The molecule has 2 unspecified atom stereocenters. The van der Waals surface area contributed by atoms with Crippen molar-refractivity contribution >= 4 is 57.7 Å². The van der Waals surface area contributed by atoms with Crippen molar-refractivity contribution in [2.75, 3.05) is 16.4 Å². The maximum Gasteiger partial charge on any atom is 0.352 e. The summed E-state index contributed by atoms with van der Waals surface area (Å²) in [4.78, 5) is 39.8. The number of aryl methyl sites for hydroxylation is 1. The second-order valence-corrected chi connectivity index (χ2v) is 10.9. The maximum atomic E-state index is 13.1. The van der Waals surface area contributed by atoms with Crippen molar-refractivity contribution in [1.82, 2.24) is 15.1 Å². The van der Waals surface area contributed by atoms with Gasteiger partial charge in [0.05, 0.1) is 0 Å². The lowest BCUT2D eigenvalue weighted by Gasteiger charge is -2.52. The fourth-order valence-electron chi connectivity index (χ4n) is 3.66. The Morgan fingerprint density at radius 2 is 2.06 bits per heavy atom. The van der Waals surface area contributed by atoms with E-state index in [9.17, 15) is 24.0 Å². The van der Waals surface area contributed by atoms with E-state index in [1.54, 1.807) is 30.3 Å². The number of β-lactam (4-membered cyclic amide) rings is 1. The highest BCUT2D eigenvalue weighted by Gasteiger charge is 2.63. The number of rotatable bonds is 6. The third kappa shape index (κ3) is 3.95. The molecule has 0 radical (unpaired) electrons. The predicted molar refractivity (Wildman–Crippen MR) is 117 cm³/mol. The lowest BCUT2D eigenvalue weighted by molar-refractivity contribution is -0.149. The molecule has 2 aliphatic rings. The van der Waals surface area contributed by atoms with Crippen LogP contribution >= 0.6 is 23.1 Å². The molecule has 2 aromatic rings. The Hall–Kier alpha value is -2.41. The molecule has 3 heterocycles. The Labute approximate surface area is 189 Å². The minimum atomic E-state index is -1.57. The van der Waals surface area contributed by atoms with Gasteiger partial charge in [-0.1, -0.05) is 41.3 Å². The summed E-state index contributed by atoms with van der Waals surface area (Å²) in [6, 6.07) is 7.61. The molecule has 2 aliphatic heterocycles. The van der Waals surface area contributed by atoms with Crippen molar-refractivity contribution in [2.45, 2.75) is 29.6 Å². The molecule has 12 heteroatoms. The van der Waals surface area contributed by atoms with Gasteiger partial charge in [0.2, 0.25) is 11.3 Å². The first-order valence-corrected chi connectivity index (χ1v) is 12.4. The van der Waals surface area contributed by atoms with Crippen molar-refractivity contribution in [3.63, 3.8) is 0 Å². The lowest BCUT2D eigenvalue weighted by atomic mass is 10.0. The summed E-state index contributed by atoms with van der Waals surface area (Å²) >= 11 is 1.11. The second-order valence-electron chi connectivity index (χ2n) is 6.93. The number of carbonyl (C=O) groups excluding carboxylic acids is 2. The van der Waals surface area contributed by atoms with E-state index in [-0.39, 0.29) is 23.1 Å². The average Bonchev–Trinajstić information content (AvgIpc) is 3.15. The highest BCUT2D eigenvalue weighted by Crippen LogP contribution is 2.41. The molecule has 1 N–H and O–H groups in total. The summed E-state index contributed by atoms with van der Waals surface area (Å²) in [6.45, 7) is 3.14. The molecule has 9 nitrogen and oxygen atoms in total. The Kier molecular flexibility index (Phi) is 6.06. The molecule has 1 fully saturated rings. The molecule has 0 aliphatic carbocycles. The van der Waals surface area contributed by atoms with Gasteiger partial charge in [-0.15, -0.1) is 10.2 Å². The third-order valence-corrected chi connectivity index (χ3v) is 8.61. The average molecular weight is 479 g/mol. The molecule has 0 bridgehead atoms. The van der Waals surface area contributed by atoms with E-state index in [0.29, 0.717) is 15.6 Å². The van der Waals surface area contributed by atoms with Gasteiger partial charge in [0.25, 0.3) is 5.91 Å². The molecule has 1 aromatic heterocycles. The summed E-state index contributed by atoms with van der Waals surface area (Å²) in [5.41, 5.74) is 0.746. The van der Waals surface area contributed by atoms with Gasteiger partial charge in [-0.2, -0.15) is 0 Å². The van der Waals surface area contributed by atoms with E-state index in [0.717, 1.165) is 9.91 Å². The van der Waals surface area contributed by atoms with E-state index in [1.807, 2.05) is 6.92 Å². The zero-order valence-electron chi connectivity index (χ0n) is 16.5. The fourth-order valence-corrected chi connectivity index (χ4v) is 7.34. The number of amides is 2. The van der Waals surface area contributed by atoms with Crippen LogP contribution in [0.25, 0.3) is 0 Å². The van der Waals surface area contributed by atoms with Gasteiger partial charge in [0.15, 0.2) is 10.4 Å². The van der Waals surface area contributed by atoms with Gasteiger partial charge in [0.1, 0.15) is 16.5 Å². The number of aliphatic carboxylic acids is 1. The molecule has 0 spiro atoms. The van der Waals surface area contributed by atoms with Crippen LogP contribution in [-0.2, 0) is 25.6 Å². The largest absolute Gasteiger partial charge is 0.614 e. The first-order chi connectivity index (χ1) is 14.8. The third-order valence-electron chi connectivity index (χ3n) is 4.91. The second kappa shape index (κ2) is 8.61. The van der Waals surface area contributed by atoms with Crippen LogP contribution < -0.4 is 4.90 Å². The molecule has 31 heavy (non-hydrogen) atoms. The van der Waals surface area contributed by atoms with Gasteiger partial charge in [-0.3, -0.25) is 19.4 Å². The Morgan fingerprint density at radius 1 is 1.35 bits per heavy atom. The van der Waals surface area contributed by atoms with Crippen molar-refractivity contribution in [1.29, 1.82) is 0 Å². The number of carboxylic acids is 1. The summed E-state index contributed by atoms with van der Waals surface area (Å²) in [5, 5.41) is 17.6. The van der Waals surface area contributed by atoms with Crippen LogP contribution in [-0.4, -0.2) is 65.5 Å². The number of hydrogen-bond donors (Lipinski definition) is 1. The summed E-state index contributed by atoms with van der Waals surface area (Å²) in [7, 11) is 0. The van der Waals surface area contributed by atoms with Gasteiger partial charge in [-0.25, -0.2) is 4.79 Å². The number of hydrogen-bond acceptors (Lipinski definition) is 8. The zero-order valence-corrected chi connectivity index (χ0v) is 19.0. The molecule has 162 valence electrons. The van der Waals surface area contributed by atoms with Crippen molar-refractivity contribution in [3.8, 4) is 0 Å². The number of fused-ring (bicyclic) bond motifs is 1. The number of para-hydroxylation sites is 1. The van der Waals surface area contributed by atoms with E-state index in [1.165, 1.54) is 34.9 Å². The number of carboxylic acid groups (broad SMARTS) is 1. The molecule has 0 saturated carbocycles. The van der Waals surface area contributed by atoms with Crippen LogP contribution in [0.1, 0.15) is 11.9 Å². The van der Waals surface area contributed by atoms with Crippen molar-refractivity contribution in [3.05, 3.63) is 46.6 Å². The number of thioether (sulfide) groups is 1. The Morgan fingerprint density at radius 3 is 2.65 bits per heavy atom. The molecular formula is C19H18N4O5S3. The predicted octanol–water partition coefficient (Wildman–Crippen LogP) is 1.63. The van der Waals surface area contributed by atoms with E-state index in [4.69, 9.17) is 0 Å². The van der Waals surface area contributed by atoms with Gasteiger partial charge in [0, 0.05) is 23.9 Å². The number of anilines is 1. The fraction of sp³-hybridized carbons (Fsp3) is 0.316. The topological polar surface area (TPSA) is 127 Å². The molecule has 1 saturated heterocycles. The Balaban J connectivity index is 1.64. The lowest BCUT2D eigenvalue weighted by Crippen LogP contribution is -2.75. The van der Waals surface area contributed by atoms with E-state index >= 15 is 0 Å². The zero-order chi connectivity index (χ0) is 22.3. The van der Waals surface area contributed by atoms with Gasteiger partial charge >= 0.3 is 5.97 Å². The number of nitrogens with zero attached hydrogens (tertiary/aromatic N) is 4. The van der Waals surface area contributed by atoms with Crippen LogP contribution in [0.15, 0.2) is 45.9 Å². The SMILES string of the molecule is CC(=O)N(c1ccccc1)C1C(=O)N2C(C(=O)O)=C(CSc3nnc(C)s3)C[S+]([O-])[C@@H]12. The van der Waals surface area contributed by atoms with Crippen LogP contribution in [0.3, 0.4) is 0 Å². The molecule has 1 aromatic carbocycles. The summed E-state index contributed by atoms with van der Waals surface area (Å²) < 4.78 is 13.8. The minimum absolute atomic E-state index is 0.0118. The first-order valence-electron chi connectivity index (χ1n) is 9.23. The van der Waals surface area contributed by atoms with Crippen LogP contribution in [0, 0.1) is 6.92 Å². The normalized spacial score (nSPS) is 22.7. The van der Waals surface area contributed by atoms with Crippen LogP contribution in [0.5, 0.6) is 0 Å². The van der Waals surface area contributed by atoms with Crippen LogP contribution in [0.4, 0.5) is 5.69 Å². The number of aromatic nitrogens is 2. The Bertz CT molecular complexity index is 1070. The first kappa shape index (κ1) is 21.8. The summed E-state index contributed by atoms with van der Waals surface area (Å²) in [6.07, 6.45) is 0. The molecule has 4 rings (SSSR count). The van der Waals surface area contributed by atoms with Crippen molar-refractivity contribution in [2.24, 2.45) is 0 Å². The quantitative estimate of drug-likeness (QED) is 0.377. The highest BCUT2D eigenvalue weighted by atomic mass is 32.2. The smallest absolute Gasteiger partial charge is 0.352 e. The maximum absolute atomic E-state index is 13.1.